The van der Waals surface area contributed by atoms with Crippen molar-refractivity contribution in [3.05, 3.63) is 76.6 Å². The summed E-state index contributed by atoms with van der Waals surface area (Å²) in [6.45, 7) is 1.97. The SMILES string of the molecule is Cc1ccc(-n2ncc(C(=O)N[C@@H](Cc3ccccc3Cl)C(=O)NC3(C#N)CC3)n2)cc1. The Morgan fingerprint density at radius 3 is 2.59 bits per heavy atom. The molecule has 32 heavy (non-hydrogen) atoms. The number of hydrogen-bond donors (Lipinski definition) is 2. The van der Waals surface area contributed by atoms with Gasteiger partial charge in [-0.3, -0.25) is 9.59 Å². The minimum absolute atomic E-state index is 0.0731. The molecule has 1 atom stereocenters. The van der Waals surface area contributed by atoms with Crippen LogP contribution in [0.15, 0.2) is 54.7 Å². The predicted molar refractivity (Wildman–Crippen MR) is 118 cm³/mol. The molecule has 3 aromatic rings. The third kappa shape index (κ3) is 4.79. The van der Waals surface area contributed by atoms with Gasteiger partial charge in [0.25, 0.3) is 5.91 Å². The van der Waals surface area contributed by atoms with Crippen LogP contribution in [0.5, 0.6) is 0 Å². The van der Waals surface area contributed by atoms with Gasteiger partial charge in [0.05, 0.1) is 18.0 Å². The molecule has 0 radical (unpaired) electrons. The maximum atomic E-state index is 12.9. The fourth-order valence-electron chi connectivity index (χ4n) is 3.21. The van der Waals surface area contributed by atoms with Gasteiger partial charge in [-0.15, -0.1) is 5.10 Å². The molecule has 0 aliphatic heterocycles. The van der Waals surface area contributed by atoms with Crippen LogP contribution in [0.4, 0.5) is 0 Å². The number of benzene rings is 2. The average molecular weight is 449 g/mol. The van der Waals surface area contributed by atoms with E-state index in [2.05, 4.69) is 26.9 Å². The molecule has 1 aromatic heterocycles. The molecule has 162 valence electrons. The van der Waals surface area contributed by atoms with Crippen LogP contribution in [-0.2, 0) is 11.2 Å². The molecule has 0 saturated heterocycles. The summed E-state index contributed by atoms with van der Waals surface area (Å²) in [6, 6.07) is 15.8. The maximum Gasteiger partial charge on any atom is 0.274 e. The number of rotatable bonds is 7. The van der Waals surface area contributed by atoms with E-state index < -0.39 is 23.4 Å². The Morgan fingerprint density at radius 1 is 1.22 bits per heavy atom. The minimum Gasteiger partial charge on any atom is -0.338 e. The zero-order valence-corrected chi connectivity index (χ0v) is 18.1. The van der Waals surface area contributed by atoms with Crippen LogP contribution < -0.4 is 10.6 Å². The molecule has 0 spiro atoms. The van der Waals surface area contributed by atoms with Crippen LogP contribution in [-0.4, -0.2) is 38.4 Å². The van der Waals surface area contributed by atoms with E-state index in [4.69, 9.17) is 11.6 Å². The number of nitriles is 1. The Hall–Kier alpha value is -3.70. The summed E-state index contributed by atoms with van der Waals surface area (Å²) in [6.07, 6.45) is 2.70. The van der Waals surface area contributed by atoms with Crippen LogP contribution in [0.2, 0.25) is 5.02 Å². The summed E-state index contributed by atoms with van der Waals surface area (Å²) in [5, 5.41) is 23.7. The highest BCUT2D eigenvalue weighted by Gasteiger charge is 2.45. The molecule has 1 heterocycles. The number of nitrogens with one attached hydrogen (secondary N) is 2. The van der Waals surface area contributed by atoms with Crippen molar-refractivity contribution in [1.29, 1.82) is 5.26 Å². The molecule has 9 heteroatoms. The lowest BCUT2D eigenvalue weighted by Gasteiger charge is -2.20. The van der Waals surface area contributed by atoms with Crippen LogP contribution >= 0.6 is 11.6 Å². The fourth-order valence-corrected chi connectivity index (χ4v) is 3.42. The molecule has 1 aliphatic carbocycles. The van der Waals surface area contributed by atoms with Gasteiger partial charge in [-0.05, 0) is 43.5 Å². The van der Waals surface area contributed by atoms with Crippen LogP contribution in [0.25, 0.3) is 5.69 Å². The van der Waals surface area contributed by atoms with Crippen LogP contribution in [0.3, 0.4) is 0 Å². The van der Waals surface area contributed by atoms with Gasteiger partial charge in [-0.1, -0.05) is 47.5 Å². The molecule has 1 aliphatic rings. The average Bonchev–Trinajstić information content (AvgIpc) is 3.38. The van der Waals surface area contributed by atoms with E-state index in [1.165, 1.54) is 11.0 Å². The Labute approximate surface area is 190 Å². The van der Waals surface area contributed by atoms with Crippen molar-refractivity contribution in [3.63, 3.8) is 0 Å². The highest BCUT2D eigenvalue weighted by Crippen LogP contribution is 2.34. The van der Waals surface area contributed by atoms with E-state index in [1.54, 1.807) is 18.2 Å². The summed E-state index contributed by atoms with van der Waals surface area (Å²) >= 11 is 6.26. The molecule has 2 amide bonds. The van der Waals surface area contributed by atoms with E-state index in [-0.39, 0.29) is 12.1 Å². The second-order valence-electron chi connectivity index (χ2n) is 7.86. The van der Waals surface area contributed by atoms with Crippen molar-refractivity contribution in [1.82, 2.24) is 25.6 Å². The highest BCUT2D eigenvalue weighted by molar-refractivity contribution is 6.31. The standard InChI is InChI=1S/C23H21ClN6O2/c1-15-6-8-17(9-7-15)30-26-13-20(29-30)21(31)27-19(12-16-4-2-3-5-18(16)24)22(32)28-23(14-25)10-11-23/h2-9,13,19H,10-12H2,1H3,(H,27,31)(H,28,32)/t19-/m0/s1. The smallest absolute Gasteiger partial charge is 0.274 e. The molecule has 0 bridgehead atoms. The van der Waals surface area contributed by atoms with Crippen molar-refractivity contribution in [3.8, 4) is 11.8 Å². The third-order valence-corrected chi connectivity index (χ3v) is 5.69. The summed E-state index contributed by atoms with van der Waals surface area (Å²) in [5.74, 6) is -0.986. The van der Waals surface area contributed by atoms with E-state index in [9.17, 15) is 14.9 Å². The van der Waals surface area contributed by atoms with Crippen molar-refractivity contribution in [2.45, 2.75) is 37.8 Å². The van der Waals surface area contributed by atoms with E-state index in [1.807, 2.05) is 37.3 Å². The largest absolute Gasteiger partial charge is 0.338 e. The number of carbonyl (C=O) groups excluding carboxylic acids is 2. The number of hydrogen-bond acceptors (Lipinski definition) is 5. The molecule has 2 aromatic carbocycles. The highest BCUT2D eigenvalue weighted by atomic mass is 35.5. The lowest BCUT2D eigenvalue weighted by atomic mass is 10.0. The van der Waals surface area contributed by atoms with Crippen molar-refractivity contribution in [2.75, 3.05) is 0 Å². The topological polar surface area (TPSA) is 113 Å². The second-order valence-corrected chi connectivity index (χ2v) is 8.27. The van der Waals surface area contributed by atoms with Crippen LogP contribution in [0, 0.1) is 18.3 Å². The van der Waals surface area contributed by atoms with Gasteiger partial charge < -0.3 is 10.6 Å². The second kappa shape index (κ2) is 8.81. The lowest BCUT2D eigenvalue weighted by Crippen LogP contribution is -2.51. The Balaban J connectivity index is 1.53. The Morgan fingerprint density at radius 2 is 1.94 bits per heavy atom. The van der Waals surface area contributed by atoms with Crippen LogP contribution in [0.1, 0.15) is 34.5 Å². The van der Waals surface area contributed by atoms with E-state index in [0.29, 0.717) is 29.1 Å². The first-order valence-electron chi connectivity index (χ1n) is 10.2. The first-order valence-corrected chi connectivity index (χ1v) is 10.5. The van der Waals surface area contributed by atoms with Gasteiger partial charge in [0.15, 0.2) is 5.69 Å². The first kappa shape index (κ1) is 21.5. The van der Waals surface area contributed by atoms with E-state index in [0.717, 1.165) is 5.56 Å². The molecule has 1 saturated carbocycles. The predicted octanol–water partition coefficient (Wildman–Crippen LogP) is 2.74. The van der Waals surface area contributed by atoms with Gasteiger partial charge in [0, 0.05) is 11.4 Å². The fraction of sp³-hybridized carbons (Fsp3) is 0.261. The van der Waals surface area contributed by atoms with Crippen molar-refractivity contribution >= 4 is 23.4 Å². The molecular formula is C23H21ClN6O2. The first-order chi connectivity index (χ1) is 15.4. The van der Waals surface area contributed by atoms with Gasteiger partial charge in [0.1, 0.15) is 11.6 Å². The molecular weight excluding hydrogens is 428 g/mol. The summed E-state index contributed by atoms with van der Waals surface area (Å²) in [7, 11) is 0. The van der Waals surface area contributed by atoms with Crippen molar-refractivity contribution in [2.24, 2.45) is 0 Å². The van der Waals surface area contributed by atoms with Crippen molar-refractivity contribution < 1.29 is 9.59 Å². The zero-order chi connectivity index (χ0) is 22.7. The number of aryl methyl sites for hydroxylation is 1. The summed E-state index contributed by atoms with van der Waals surface area (Å²) in [4.78, 5) is 27.2. The summed E-state index contributed by atoms with van der Waals surface area (Å²) in [5.41, 5.74) is 1.74. The third-order valence-electron chi connectivity index (χ3n) is 5.32. The number of carbonyl (C=O) groups is 2. The van der Waals surface area contributed by atoms with Gasteiger partial charge in [-0.2, -0.15) is 15.2 Å². The van der Waals surface area contributed by atoms with Gasteiger partial charge in [-0.25, -0.2) is 0 Å². The number of aromatic nitrogens is 3. The normalized spacial score (nSPS) is 14.8. The van der Waals surface area contributed by atoms with Gasteiger partial charge >= 0.3 is 0 Å². The Kier molecular flexibility index (Phi) is 5.93. The monoisotopic (exact) mass is 448 g/mol. The number of nitrogens with zero attached hydrogens (tertiary/aromatic N) is 4. The summed E-state index contributed by atoms with van der Waals surface area (Å²) < 4.78 is 0. The molecule has 8 nitrogen and oxygen atoms in total. The molecule has 1 fully saturated rings. The number of halogens is 1. The molecule has 4 rings (SSSR count). The molecule has 0 unspecified atom stereocenters. The Bertz CT molecular complexity index is 1190. The molecule has 2 N–H and O–H groups in total. The number of amides is 2. The quantitative estimate of drug-likeness (QED) is 0.577. The maximum absolute atomic E-state index is 12.9. The van der Waals surface area contributed by atoms with Gasteiger partial charge in [0.2, 0.25) is 5.91 Å². The minimum atomic E-state index is -0.933. The zero-order valence-electron chi connectivity index (χ0n) is 17.4. The van der Waals surface area contributed by atoms with E-state index >= 15 is 0 Å². The lowest BCUT2D eigenvalue weighted by molar-refractivity contribution is -0.123.